The summed E-state index contributed by atoms with van der Waals surface area (Å²) in [6.07, 6.45) is 3.28. The van der Waals surface area contributed by atoms with Crippen molar-refractivity contribution < 1.29 is 14.6 Å². The molecule has 5 nitrogen and oxygen atoms in total. The van der Waals surface area contributed by atoms with Crippen LogP contribution in [0.4, 0.5) is 0 Å². The van der Waals surface area contributed by atoms with E-state index in [1.807, 2.05) is 22.9 Å². The fourth-order valence-electron chi connectivity index (χ4n) is 3.78. The number of hydrogen-bond donors (Lipinski definition) is 3. The molecule has 128 valence electrons. The maximum absolute atomic E-state index is 13.0. The van der Waals surface area contributed by atoms with Crippen LogP contribution in [0.5, 0.6) is 0 Å². The lowest BCUT2D eigenvalue weighted by molar-refractivity contribution is -0.181. The van der Waals surface area contributed by atoms with Gasteiger partial charge in [0.15, 0.2) is 5.72 Å². The average Bonchev–Trinajstić information content (AvgIpc) is 3.28. The Kier molecular flexibility index (Phi) is 4.01. The molecule has 24 heavy (non-hydrogen) atoms. The van der Waals surface area contributed by atoms with Crippen molar-refractivity contribution in [2.75, 3.05) is 0 Å². The molecule has 4 rings (SSSR count). The predicted molar refractivity (Wildman–Crippen MR) is 93.8 cm³/mol. The molecule has 2 saturated heterocycles. The summed E-state index contributed by atoms with van der Waals surface area (Å²) in [7, 11) is 0. The maximum atomic E-state index is 13.0. The zero-order valence-electron chi connectivity index (χ0n) is 13.1. The van der Waals surface area contributed by atoms with Gasteiger partial charge in [-0.2, -0.15) is 0 Å². The third-order valence-corrected chi connectivity index (χ3v) is 6.82. The highest BCUT2D eigenvalue weighted by atomic mass is 32.1. The number of carbonyl (C=O) groups is 1. The van der Waals surface area contributed by atoms with E-state index in [0.717, 1.165) is 12.8 Å². The molecule has 0 aliphatic carbocycles. The van der Waals surface area contributed by atoms with E-state index in [9.17, 15) is 9.90 Å². The summed E-state index contributed by atoms with van der Waals surface area (Å²) in [6, 6.07) is 7.71. The van der Waals surface area contributed by atoms with E-state index in [2.05, 4.69) is 5.32 Å². The number of carbonyl (C=O) groups excluding carboxylic acids is 1. The Morgan fingerprint density at radius 1 is 1.21 bits per heavy atom. The predicted octanol–water partition coefficient (Wildman–Crippen LogP) is 2.16. The minimum absolute atomic E-state index is 0.290. The lowest BCUT2D eigenvalue weighted by atomic mass is 9.95. The van der Waals surface area contributed by atoms with Gasteiger partial charge in [-0.1, -0.05) is 12.1 Å². The summed E-state index contributed by atoms with van der Waals surface area (Å²) in [5.41, 5.74) is 3.59. The summed E-state index contributed by atoms with van der Waals surface area (Å²) in [5.74, 6) is -0.684. The van der Waals surface area contributed by atoms with Gasteiger partial charge in [-0.05, 0) is 35.7 Å². The Labute approximate surface area is 148 Å². The summed E-state index contributed by atoms with van der Waals surface area (Å²) < 4.78 is 5.73. The standard InChI is InChI=1S/C17H20N2O3S2/c18-16(9-11-5-6-12(10-16)19-11)22-15(20)17(21,13-3-1-7-23-13)14-4-2-8-24-14/h1-4,7-8,11-12,19,21H,5-6,9-10,18H2. The molecule has 0 aromatic carbocycles. The van der Waals surface area contributed by atoms with Crippen LogP contribution in [0.2, 0.25) is 0 Å². The Hall–Kier alpha value is -1.25. The first kappa shape index (κ1) is 16.2. The van der Waals surface area contributed by atoms with Crippen LogP contribution in [0.15, 0.2) is 35.0 Å². The number of ether oxygens (including phenoxy) is 1. The summed E-state index contributed by atoms with van der Waals surface area (Å²) in [4.78, 5) is 14.1. The van der Waals surface area contributed by atoms with Gasteiger partial charge in [0.05, 0.1) is 9.75 Å². The smallest absolute Gasteiger partial charge is 0.351 e. The first-order valence-corrected chi connectivity index (χ1v) is 9.84. The number of rotatable bonds is 4. The van der Waals surface area contributed by atoms with Crippen LogP contribution in [-0.4, -0.2) is 28.9 Å². The minimum Gasteiger partial charge on any atom is -0.441 e. The molecule has 2 aromatic heterocycles. The number of hydrogen-bond acceptors (Lipinski definition) is 7. The van der Waals surface area contributed by atoms with E-state index < -0.39 is 17.3 Å². The second-order valence-corrected chi connectivity index (χ2v) is 8.56. The number of nitrogens with one attached hydrogen (secondary N) is 1. The largest absolute Gasteiger partial charge is 0.441 e. The van der Waals surface area contributed by atoms with Crippen LogP contribution >= 0.6 is 22.7 Å². The van der Waals surface area contributed by atoms with Gasteiger partial charge in [0, 0.05) is 24.9 Å². The first-order chi connectivity index (χ1) is 11.5. The quantitative estimate of drug-likeness (QED) is 0.572. The van der Waals surface area contributed by atoms with Crippen LogP contribution in [0.3, 0.4) is 0 Å². The number of fused-ring (bicyclic) bond motifs is 2. The molecule has 2 aliphatic rings. The first-order valence-electron chi connectivity index (χ1n) is 8.08. The highest BCUT2D eigenvalue weighted by Gasteiger charge is 2.50. The van der Waals surface area contributed by atoms with Gasteiger partial charge in [-0.15, -0.1) is 22.7 Å². The van der Waals surface area contributed by atoms with Crippen LogP contribution in [-0.2, 0) is 15.1 Å². The topological polar surface area (TPSA) is 84.6 Å². The summed E-state index contributed by atoms with van der Waals surface area (Å²) in [5, 5.41) is 18.4. The molecule has 2 unspecified atom stereocenters. The maximum Gasteiger partial charge on any atom is 0.351 e. The SMILES string of the molecule is NC1(OC(=O)C(O)(c2cccs2)c2cccs2)CC2CCC(C1)N2. The molecule has 4 N–H and O–H groups in total. The van der Waals surface area contributed by atoms with Gasteiger partial charge in [0.25, 0.3) is 0 Å². The Bertz CT molecular complexity index is 668. The number of nitrogens with two attached hydrogens (primary N) is 1. The van der Waals surface area contributed by atoms with E-state index in [-0.39, 0.29) is 12.1 Å². The molecule has 2 aromatic rings. The van der Waals surface area contributed by atoms with Crippen molar-refractivity contribution in [2.24, 2.45) is 5.73 Å². The van der Waals surface area contributed by atoms with Gasteiger partial charge in [0.2, 0.25) is 5.60 Å². The third-order valence-electron chi connectivity index (χ3n) is 4.87. The molecule has 4 heterocycles. The number of thiophene rings is 2. The van der Waals surface area contributed by atoms with Crippen molar-refractivity contribution in [3.05, 3.63) is 44.8 Å². The fraction of sp³-hybridized carbons (Fsp3) is 0.471. The van der Waals surface area contributed by atoms with Gasteiger partial charge in [0.1, 0.15) is 0 Å². The number of esters is 1. The number of aliphatic hydroxyl groups is 1. The monoisotopic (exact) mass is 364 g/mol. The number of piperidine rings is 1. The molecule has 2 aliphatic heterocycles. The molecule has 2 atom stereocenters. The van der Waals surface area contributed by atoms with Crippen molar-refractivity contribution in [1.29, 1.82) is 0 Å². The molecule has 2 fully saturated rings. The van der Waals surface area contributed by atoms with E-state index in [0.29, 0.717) is 22.6 Å². The van der Waals surface area contributed by atoms with E-state index in [1.165, 1.54) is 22.7 Å². The third kappa shape index (κ3) is 2.70. The van der Waals surface area contributed by atoms with Crippen LogP contribution in [0.1, 0.15) is 35.4 Å². The molecular weight excluding hydrogens is 344 g/mol. The Balaban J connectivity index is 1.63. The normalized spacial score (nSPS) is 29.6. The van der Waals surface area contributed by atoms with Crippen LogP contribution < -0.4 is 11.1 Å². The second-order valence-electron chi connectivity index (χ2n) is 6.67. The molecular formula is C17H20N2O3S2. The molecule has 0 radical (unpaired) electrons. The molecule has 0 amide bonds. The lowest BCUT2D eigenvalue weighted by Gasteiger charge is -2.39. The van der Waals surface area contributed by atoms with Crippen molar-refractivity contribution in [2.45, 2.75) is 49.1 Å². The average molecular weight is 364 g/mol. The van der Waals surface area contributed by atoms with Crippen LogP contribution in [0.25, 0.3) is 0 Å². The Morgan fingerprint density at radius 3 is 2.21 bits per heavy atom. The molecule has 0 saturated carbocycles. The van der Waals surface area contributed by atoms with E-state index in [1.54, 1.807) is 12.1 Å². The molecule has 7 heteroatoms. The molecule has 0 spiro atoms. The Morgan fingerprint density at radius 2 is 1.75 bits per heavy atom. The van der Waals surface area contributed by atoms with Crippen LogP contribution in [0, 0.1) is 0 Å². The van der Waals surface area contributed by atoms with Gasteiger partial charge in [-0.3, -0.25) is 5.73 Å². The van der Waals surface area contributed by atoms with Crippen molar-refractivity contribution in [3.63, 3.8) is 0 Å². The lowest BCUT2D eigenvalue weighted by Crippen LogP contribution is -2.58. The minimum atomic E-state index is -1.79. The summed E-state index contributed by atoms with van der Waals surface area (Å²) >= 11 is 2.67. The zero-order chi connectivity index (χ0) is 16.8. The highest BCUT2D eigenvalue weighted by Crippen LogP contribution is 2.40. The van der Waals surface area contributed by atoms with Gasteiger partial charge < -0.3 is 15.2 Å². The van der Waals surface area contributed by atoms with E-state index in [4.69, 9.17) is 10.5 Å². The van der Waals surface area contributed by atoms with Crippen molar-refractivity contribution in [1.82, 2.24) is 5.32 Å². The van der Waals surface area contributed by atoms with Gasteiger partial charge in [-0.25, -0.2) is 4.79 Å². The summed E-state index contributed by atoms with van der Waals surface area (Å²) in [6.45, 7) is 0. The second kappa shape index (κ2) is 5.93. The van der Waals surface area contributed by atoms with Crippen molar-refractivity contribution in [3.8, 4) is 0 Å². The fourth-order valence-corrected chi connectivity index (χ4v) is 5.49. The van der Waals surface area contributed by atoms with E-state index >= 15 is 0 Å². The molecule has 2 bridgehead atoms. The zero-order valence-corrected chi connectivity index (χ0v) is 14.7. The highest BCUT2D eigenvalue weighted by molar-refractivity contribution is 7.12. The van der Waals surface area contributed by atoms with Gasteiger partial charge >= 0.3 is 5.97 Å². The van der Waals surface area contributed by atoms with Crippen molar-refractivity contribution >= 4 is 28.6 Å².